The van der Waals surface area contributed by atoms with Crippen molar-refractivity contribution in [1.82, 2.24) is 20.1 Å². The zero-order chi connectivity index (χ0) is 39.3. The molecule has 0 atom stereocenters. The number of carbonyl (C=O) groups excluding carboxylic acids is 4. The second-order valence-electron chi connectivity index (χ2n) is 16.2. The van der Waals surface area contributed by atoms with Crippen LogP contribution in [0.15, 0.2) is 60.7 Å². The van der Waals surface area contributed by atoms with Crippen LogP contribution in [-0.4, -0.2) is 78.9 Å². The number of rotatable bonds is 7. The average Bonchev–Trinajstić information content (AvgIpc) is 3.81. The van der Waals surface area contributed by atoms with Crippen molar-refractivity contribution in [2.24, 2.45) is 0 Å². The maximum absolute atomic E-state index is 13.6. The third-order valence-corrected chi connectivity index (χ3v) is 12.4. The van der Waals surface area contributed by atoms with E-state index in [4.69, 9.17) is 4.74 Å². The van der Waals surface area contributed by atoms with Crippen LogP contribution in [0.2, 0.25) is 0 Å². The molecular weight excluding hydrogens is 717 g/mol. The molecular formula is C46H56N6O5. The van der Waals surface area contributed by atoms with Crippen LogP contribution in [0, 0.1) is 0 Å². The van der Waals surface area contributed by atoms with E-state index in [0.717, 1.165) is 103 Å². The van der Waals surface area contributed by atoms with Gasteiger partial charge >= 0.3 is 0 Å². The molecule has 57 heavy (non-hydrogen) atoms. The van der Waals surface area contributed by atoms with Gasteiger partial charge in [-0.2, -0.15) is 0 Å². The van der Waals surface area contributed by atoms with Crippen LogP contribution in [-0.2, 0) is 27.5 Å². The molecule has 1 aromatic heterocycles. The maximum atomic E-state index is 13.6. The molecule has 2 bridgehead atoms. The highest BCUT2D eigenvalue weighted by Gasteiger charge is 2.29. The van der Waals surface area contributed by atoms with E-state index < -0.39 is 0 Å². The van der Waals surface area contributed by atoms with E-state index >= 15 is 0 Å². The highest BCUT2D eigenvalue weighted by molar-refractivity contribution is 6.01. The number of ether oxygens (including phenoxy) is 1. The monoisotopic (exact) mass is 772 g/mol. The number of hydrogen-bond donors (Lipinski definition) is 2. The summed E-state index contributed by atoms with van der Waals surface area (Å²) in [5.41, 5.74) is 7.77. The molecule has 2 saturated heterocycles. The first-order valence-corrected chi connectivity index (χ1v) is 21.2. The largest absolute Gasteiger partial charge is 0.489 e. The number of hydrogen-bond acceptors (Lipinski definition) is 6. The number of benzene rings is 3. The van der Waals surface area contributed by atoms with Crippen molar-refractivity contribution in [3.8, 4) is 17.0 Å². The summed E-state index contributed by atoms with van der Waals surface area (Å²) < 4.78 is 8.68. The summed E-state index contributed by atoms with van der Waals surface area (Å²) in [5, 5.41) is 7.40. The predicted molar refractivity (Wildman–Crippen MR) is 224 cm³/mol. The van der Waals surface area contributed by atoms with Gasteiger partial charge in [-0.15, -0.1) is 0 Å². The van der Waals surface area contributed by atoms with Crippen LogP contribution < -0.4 is 25.2 Å². The summed E-state index contributed by atoms with van der Waals surface area (Å²) in [5.74, 6) is 1.21. The number of aromatic nitrogens is 1. The fourth-order valence-corrected chi connectivity index (χ4v) is 9.35. The van der Waals surface area contributed by atoms with Gasteiger partial charge in [0.05, 0.1) is 11.2 Å². The number of piperazine rings is 1. The molecule has 2 N–H and O–H groups in total. The first kappa shape index (κ1) is 38.5. The number of fused-ring (bicyclic) bond motifs is 1. The molecule has 11 heteroatoms. The Hall–Kier alpha value is -5.32. The van der Waals surface area contributed by atoms with Gasteiger partial charge < -0.3 is 34.6 Å². The standard InChI is InChI=1S/C46H56N6O5/c1-32(53)49-24-26-50(27-25-49)40-20-16-37(51-23-9-12-43(51)55)28-36(40)31-57-38-17-13-34(14-18-38)45-44(33-10-5-4-6-11-33)39-19-15-35-29-41(39)52(45)30-42(54)47-21-7-2-3-8-22-48-46(35)56/h13-20,28-29,33H,2-12,21-27,30-31H2,1H3,(H,47,54)(H,48,56). The Morgan fingerprint density at radius 3 is 2.19 bits per heavy atom. The van der Waals surface area contributed by atoms with E-state index in [9.17, 15) is 19.2 Å². The van der Waals surface area contributed by atoms with E-state index in [-0.39, 0.29) is 30.2 Å². The number of anilines is 2. The van der Waals surface area contributed by atoms with E-state index in [1.54, 1.807) is 6.92 Å². The van der Waals surface area contributed by atoms with Gasteiger partial charge in [-0.05, 0) is 104 Å². The van der Waals surface area contributed by atoms with Crippen molar-refractivity contribution in [3.05, 3.63) is 77.4 Å². The summed E-state index contributed by atoms with van der Waals surface area (Å²) in [7, 11) is 0. The van der Waals surface area contributed by atoms with Gasteiger partial charge in [0.2, 0.25) is 17.7 Å². The lowest BCUT2D eigenvalue weighted by Crippen LogP contribution is -2.48. The van der Waals surface area contributed by atoms with Gasteiger partial charge in [-0.1, -0.05) is 38.2 Å². The molecule has 3 aliphatic heterocycles. The molecule has 1 aliphatic carbocycles. The van der Waals surface area contributed by atoms with Crippen LogP contribution in [0.4, 0.5) is 11.4 Å². The minimum atomic E-state index is -0.0784. The average molecular weight is 773 g/mol. The molecule has 8 rings (SSSR count). The number of carbonyl (C=O) groups is 4. The predicted octanol–water partition coefficient (Wildman–Crippen LogP) is 7.15. The van der Waals surface area contributed by atoms with Crippen LogP contribution in [0.5, 0.6) is 5.75 Å². The Morgan fingerprint density at radius 1 is 0.754 bits per heavy atom. The summed E-state index contributed by atoms with van der Waals surface area (Å²) in [6, 6.07) is 20.5. The summed E-state index contributed by atoms with van der Waals surface area (Å²) in [6.07, 6.45) is 11.0. The van der Waals surface area contributed by atoms with Gasteiger partial charge in [0.25, 0.3) is 5.91 Å². The second-order valence-corrected chi connectivity index (χ2v) is 16.2. The third-order valence-electron chi connectivity index (χ3n) is 12.4. The molecule has 3 aromatic carbocycles. The minimum absolute atomic E-state index is 0.0237. The zero-order valence-electron chi connectivity index (χ0n) is 33.3. The Bertz CT molecular complexity index is 2110. The molecule has 4 aromatic rings. The quantitative estimate of drug-likeness (QED) is 0.206. The lowest BCUT2D eigenvalue weighted by Gasteiger charge is -2.37. The molecule has 11 nitrogen and oxygen atoms in total. The Balaban J connectivity index is 1.12. The van der Waals surface area contributed by atoms with E-state index in [1.165, 1.54) is 24.8 Å². The normalized spacial score (nSPS) is 19.0. The minimum Gasteiger partial charge on any atom is -0.489 e. The van der Waals surface area contributed by atoms with Gasteiger partial charge in [-0.25, -0.2) is 0 Å². The Kier molecular flexibility index (Phi) is 11.8. The van der Waals surface area contributed by atoms with Crippen LogP contribution >= 0.6 is 0 Å². The lowest BCUT2D eigenvalue weighted by atomic mass is 9.81. The molecule has 0 spiro atoms. The van der Waals surface area contributed by atoms with Crippen molar-refractivity contribution in [1.29, 1.82) is 0 Å². The lowest BCUT2D eigenvalue weighted by molar-refractivity contribution is -0.129. The van der Waals surface area contributed by atoms with Gasteiger partial charge in [0, 0.05) is 87.0 Å². The molecule has 3 fully saturated rings. The third kappa shape index (κ3) is 8.53. The van der Waals surface area contributed by atoms with E-state index in [2.05, 4.69) is 50.4 Å². The molecule has 0 unspecified atom stereocenters. The van der Waals surface area contributed by atoms with E-state index in [1.807, 2.05) is 40.1 Å². The summed E-state index contributed by atoms with van der Waals surface area (Å²) >= 11 is 0. The van der Waals surface area contributed by atoms with Crippen LogP contribution in [0.1, 0.15) is 105 Å². The molecule has 4 heterocycles. The molecule has 0 radical (unpaired) electrons. The molecule has 1 saturated carbocycles. The maximum Gasteiger partial charge on any atom is 0.251 e. The highest BCUT2D eigenvalue weighted by atomic mass is 16.5. The summed E-state index contributed by atoms with van der Waals surface area (Å²) in [6.45, 7) is 6.88. The van der Waals surface area contributed by atoms with Crippen LogP contribution in [0.3, 0.4) is 0 Å². The molecule has 300 valence electrons. The van der Waals surface area contributed by atoms with Crippen molar-refractivity contribution < 1.29 is 23.9 Å². The zero-order valence-corrected chi connectivity index (χ0v) is 33.3. The first-order chi connectivity index (χ1) is 27.8. The highest BCUT2D eigenvalue weighted by Crippen LogP contribution is 2.45. The van der Waals surface area contributed by atoms with Crippen molar-refractivity contribution in [2.45, 2.75) is 96.6 Å². The van der Waals surface area contributed by atoms with Gasteiger partial charge in [-0.3, -0.25) is 19.2 Å². The van der Waals surface area contributed by atoms with Crippen molar-refractivity contribution in [3.63, 3.8) is 0 Å². The number of amides is 4. The van der Waals surface area contributed by atoms with Crippen molar-refractivity contribution >= 4 is 45.9 Å². The second kappa shape index (κ2) is 17.4. The van der Waals surface area contributed by atoms with Gasteiger partial charge in [0.15, 0.2) is 0 Å². The van der Waals surface area contributed by atoms with E-state index in [0.29, 0.717) is 57.2 Å². The fraction of sp³-hybridized carbons (Fsp3) is 0.478. The van der Waals surface area contributed by atoms with Gasteiger partial charge in [0.1, 0.15) is 18.9 Å². The molecule has 4 aliphatic rings. The Labute approximate surface area is 335 Å². The summed E-state index contributed by atoms with van der Waals surface area (Å²) in [4.78, 5) is 57.7. The fourth-order valence-electron chi connectivity index (χ4n) is 9.35. The smallest absolute Gasteiger partial charge is 0.251 e. The number of nitrogens with one attached hydrogen (secondary N) is 2. The number of nitrogens with zero attached hydrogens (tertiary/aromatic N) is 4. The Morgan fingerprint density at radius 2 is 1.47 bits per heavy atom. The topological polar surface area (TPSA) is 116 Å². The van der Waals surface area contributed by atoms with Crippen LogP contribution in [0.25, 0.3) is 22.2 Å². The first-order valence-electron chi connectivity index (χ1n) is 21.2. The molecule has 4 amide bonds. The SMILES string of the molecule is CC(=O)N1CCN(c2ccc(N3CCCC3=O)cc2COc2ccc(-c3c(C4CCCCC4)c4ccc5cc4n3CC(=O)NCCCCCCNC5=O)cc2)CC1. The van der Waals surface area contributed by atoms with Crippen molar-refractivity contribution in [2.75, 3.05) is 55.6 Å².